The molecular formula is C22H24N2O3. The molecule has 1 heterocycles. The van der Waals surface area contributed by atoms with Crippen molar-refractivity contribution in [1.82, 2.24) is 4.90 Å². The van der Waals surface area contributed by atoms with E-state index in [0.29, 0.717) is 31.6 Å². The number of phenolic OH excluding ortho intramolecular Hbond substituents is 1. The number of para-hydroxylation sites is 2. The number of anilines is 1. The minimum atomic E-state index is -0.158. The molecule has 0 bridgehead atoms. The molecule has 1 saturated heterocycles. The van der Waals surface area contributed by atoms with Crippen molar-refractivity contribution in [2.24, 2.45) is 5.92 Å². The Bertz CT molecular complexity index is 852. The first-order valence-corrected chi connectivity index (χ1v) is 9.15. The van der Waals surface area contributed by atoms with Gasteiger partial charge in [0, 0.05) is 25.1 Å². The van der Waals surface area contributed by atoms with Crippen LogP contribution in [0.1, 0.15) is 24.0 Å². The van der Waals surface area contributed by atoms with Gasteiger partial charge in [-0.3, -0.25) is 9.59 Å². The predicted octanol–water partition coefficient (Wildman–Crippen LogP) is 3.59. The second kappa shape index (κ2) is 8.54. The lowest BCUT2D eigenvalue weighted by Crippen LogP contribution is -2.40. The second-order valence-electron chi connectivity index (χ2n) is 6.85. The zero-order chi connectivity index (χ0) is 19.2. The summed E-state index contributed by atoms with van der Waals surface area (Å²) in [5.74, 6) is -0.246. The maximum absolute atomic E-state index is 12.4. The van der Waals surface area contributed by atoms with Gasteiger partial charge >= 0.3 is 0 Å². The number of hydrogen-bond acceptors (Lipinski definition) is 3. The number of piperidine rings is 1. The van der Waals surface area contributed by atoms with E-state index in [0.717, 1.165) is 11.1 Å². The van der Waals surface area contributed by atoms with Gasteiger partial charge in [0.25, 0.3) is 0 Å². The summed E-state index contributed by atoms with van der Waals surface area (Å²) in [5.41, 5.74) is 2.57. The third kappa shape index (κ3) is 4.97. The molecule has 0 atom stereocenters. The lowest BCUT2D eigenvalue weighted by atomic mass is 9.95. The predicted molar refractivity (Wildman–Crippen MR) is 106 cm³/mol. The molecule has 2 aromatic carbocycles. The summed E-state index contributed by atoms with van der Waals surface area (Å²) >= 11 is 0. The Hall–Kier alpha value is -3.08. The third-order valence-corrected chi connectivity index (χ3v) is 4.80. The second-order valence-corrected chi connectivity index (χ2v) is 6.85. The van der Waals surface area contributed by atoms with E-state index in [1.807, 2.05) is 37.3 Å². The molecule has 0 unspecified atom stereocenters. The van der Waals surface area contributed by atoms with Crippen molar-refractivity contribution in [3.63, 3.8) is 0 Å². The fourth-order valence-electron chi connectivity index (χ4n) is 3.22. The summed E-state index contributed by atoms with van der Waals surface area (Å²) < 4.78 is 0. The highest BCUT2D eigenvalue weighted by molar-refractivity contribution is 5.95. The lowest BCUT2D eigenvalue weighted by Gasteiger charge is -2.30. The normalized spacial score (nSPS) is 15.1. The molecule has 5 heteroatoms. The molecular weight excluding hydrogens is 340 g/mol. The summed E-state index contributed by atoms with van der Waals surface area (Å²) in [4.78, 5) is 26.5. The lowest BCUT2D eigenvalue weighted by molar-refractivity contribution is -0.130. The Balaban J connectivity index is 1.51. The third-order valence-electron chi connectivity index (χ3n) is 4.80. The molecule has 2 aromatic rings. The van der Waals surface area contributed by atoms with Crippen LogP contribution < -0.4 is 5.32 Å². The first-order chi connectivity index (χ1) is 13.0. The summed E-state index contributed by atoms with van der Waals surface area (Å²) in [5, 5.41) is 12.5. The molecule has 2 N–H and O–H groups in total. The van der Waals surface area contributed by atoms with Gasteiger partial charge in [0.2, 0.25) is 11.8 Å². The zero-order valence-electron chi connectivity index (χ0n) is 15.4. The number of nitrogens with zero attached hydrogens (tertiary/aromatic N) is 1. The van der Waals surface area contributed by atoms with Crippen LogP contribution in [0, 0.1) is 12.8 Å². The van der Waals surface area contributed by atoms with Crippen LogP contribution in [0.15, 0.2) is 54.6 Å². The van der Waals surface area contributed by atoms with Crippen LogP contribution in [-0.2, 0) is 9.59 Å². The Morgan fingerprint density at radius 1 is 1.11 bits per heavy atom. The highest BCUT2D eigenvalue weighted by atomic mass is 16.3. The average molecular weight is 364 g/mol. The van der Waals surface area contributed by atoms with Crippen LogP contribution in [0.2, 0.25) is 0 Å². The van der Waals surface area contributed by atoms with Crippen molar-refractivity contribution in [1.29, 1.82) is 0 Å². The van der Waals surface area contributed by atoms with E-state index in [1.165, 1.54) is 6.07 Å². The van der Waals surface area contributed by atoms with Gasteiger partial charge in [-0.25, -0.2) is 0 Å². The van der Waals surface area contributed by atoms with Crippen molar-refractivity contribution < 1.29 is 14.7 Å². The molecule has 1 aliphatic rings. The summed E-state index contributed by atoms with van der Waals surface area (Å²) in [7, 11) is 0. The number of nitrogens with one attached hydrogen (secondary N) is 1. The quantitative estimate of drug-likeness (QED) is 0.643. The topological polar surface area (TPSA) is 69.6 Å². The number of aryl methyl sites for hydroxylation is 1. The van der Waals surface area contributed by atoms with Gasteiger partial charge in [0.05, 0.1) is 5.69 Å². The number of phenols is 1. The molecule has 0 aromatic heterocycles. The van der Waals surface area contributed by atoms with E-state index in [2.05, 4.69) is 5.32 Å². The maximum Gasteiger partial charge on any atom is 0.246 e. The van der Waals surface area contributed by atoms with E-state index in [9.17, 15) is 14.7 Å². The molecule has 1 fully saturated rings. The number of benzene rings is 2. The van der Waals surface area contributed by atoms with Crippen molar-refractivity contribution >= 4 is 23.6 Å². The van der Waals surface area contributed by atoms with Crippen molar-refractivity contribution in [2.45, 2.75) is 19.8 Å². The Labute approximate surface area is 159 Å². The molecule has 5 nitrogen and oxygen atoms in total. The van der Waals surface area contributed by atoms with E-state index in [1.54, 1.807) is 29.2 Å². The van der Waals surface area contributed by atoms with Gasteiger partial charge in [-0.1, -0.05) is 42.0 Å². The molecule has 0 saturated carbocycles. The molecule has 2 amide bonds. The number of carbonyl (C=O) groups is 2. The van der Waals surface area contributed by atoms with Crippen molar-refractivity contribution in [2.75, 3.05) is 18.4 Å². The van der Waals surface area contributed by atoms with E-state index < -0.39 is 0 Å². The Kier molecular flexibility index (Phi) is 5.91. The standard InChI is InChI=1S/C22H24N2O3/c1-16-5-4-6-17(15-16)9-10-21(26)24-13-11-18(12-14-24)22(27)23-19-7-2-3-8-20(19)25/h2-10,15,18,25H,11-14H2,1H3,(H,23,27). The first kappa shape index (κ1) is 18.7. The number of rotatable bonds is 4. The van der Waals surface area contributed by atoms with E-state index >= 15 is 0 Å². The molecule has 3 rings (SSSR count). The van der Waals surface area contributed by atoms with Crippen LogP contribution in [0.25, 0.3) is 6.08 Å². The maximum atomic E-state index is 12.4. The van der Waals surface area contributed by atoms with Crippen LogP contribution in [0.5, 0.6) is 5.75 Å². The number of aromatic hydroxyl groups is 1. The molecule has 27 heavy (non-hydrogen) atoms. The van der Waals surface area contributed by atoms with E-state index in [-0.39, 0.29) is 23.5 Å². The number of carbonyl (C=O) groups excluding carboxylic acids is 2. The van der Waals surface area contributed by atoms with Gasteiger partial charge in [0.15, 0.2) is 0 Å². The van der Waals surface area contributed by atoms with Crippen LogP contribution in [0.4, 0.5) is 5.69 Å². The monoisotopic (exact) mass is 364 g/mol. The molecule has 0 radical (unpaired) electrons. The van der Waals surface area contributed by atoms with Gasteiger partial charge in [-0.15, -0.1) is 0 Å². The SMILES string of the molecule is Cc1cccc(C=CC(=O)N2CCC(C(=O)Nc3ccccc3O)CC2)c1. The van der Waals surface area contributed by atoms with Crippen LogP contribution in [-0.4, -0.2) is 34.9 Å². The zero-order valence-corrected chi connectivity index (χ0v) is 15.4. The first-order valence-electron chi connectivity index (χ1n) is 9.15. The molecule has 1 aliphatic heterocycles. The van der Waals surface area contributed by atoms with Gasteiger partial charge in [0.1, 0.15) is 5.75 Å². The minimum Gasteiger partial charge on any atom is -0.506 e. The van der Waals surface area contributed by atoms with Gasteiger partial charge in [-0.2, -0.15) is 0 Å². The van der Waals surface area contributed by atoms with Crippen molar-refractivity contribution in [3.05, 3.63) is 65.7 Å². The Morgan fingerprint density at radius 3 is 2.56 bits per heavy atom. The summed E-state index contributed by atoms with van der Waals surface area (Å²) in [6.45, 7) is 3.12. The van der Waals surface area contributed by atoms with Crippen molar-refractivity contribution in [3.8, 4) is 5.75 Å². The number of hydrogen-bond donors (Lipinski definition) is 2. The molecule has 0 aliphatic carbocycles. The fourth-order valence-corrected chi connectivity index (χ4v) is 3.22. The highest BCUT2D eigenvalue weighted by Crippen LogP contribution is 2.25. The minimum absolute atomic E-state index is 0.0314. The average Bonchev–Trinajstić information content (AvgIpc) is 2.68. The van der Waals surface area contributed by atoms with E-state index in [4.69, 9.17) is 0 Å². The summed E-state index contributed by atoms with van der Waals surface area (Å²) in [6.07, 6.45) is 4.65. The highest BCUT2D eigenvalue weighted by Gasteiger charge is 2.26. The number of likely N-dealkylation sites (tertiary alicyclic amines) is 1. The Morgan fingerprint density at radius 2 is 1.85 bits per heavy atom. The smallest absolute Gasteiger partial charge is 0.246 e. The molecule has 140 valence electrons. The number of amides is 2. The van der Waals surface area contributed by atoms with Gasteiger partial charge < -0.3 is 15.3 Å². The van der Waals surface area contributed by atoms with Crippen LogP contribution >= 0.6 is 0 Å². The van der Waals surface area contributed by atoms with Crippen LogP contribution in [0.3, 0.4) is 0 Å². The van der Waals surface area contributed by atoms with Gasteiger partial charge in [-0.05, 0) is 43.5 Å². The molecule has 0 spiro atoms. The fraction of sp³-hybridized carbons (Fsp3) is 0.273. The summed E-state index contributed by atoms with van der Waals surface area (Å²) in [6, 6.07) is 14.7. The largest absolute Gasteiger partial charge is 0.506 e.